The zero-order valence-corrected chi connectivity index (χ0v) is 14.2. The SMILES string of the molecule is c1ccc(N2CCC3(COCCN(Cc4ccsc4)C3)C2)nc1. The van der Waals surface area contributed by atoms with Crippen LogP contribution in [-0.2, 0) is 11.3 Å². The van der Waals surface area contributed by atoms with Gasteiger partial charge >= 0.3 is 0 Å². The molecule has 2 aliphatic rings. The van der Waals surface area contributed by atoms with E-state index < -0.39 is 0 Å². The summed E-state index contributed by atoms with van der Waals surface area (Å²) in [6.45, 7) is 7.02. The third kappa shape index (κ3) is 3.42. The number of anilines is 1. The van der Waals surface area contributed by atoms with Crippen LogP contribution in [0.2, 0.25) is 0 Å². The maximum Gasteiger partial charge on any atom is 0.128 e. The minimum absolute atomic E-state index is 0.240. The fourth-order valence-electron chi connectivity index (χ4n) is 3.78. The molecule has 4 nitrogen and oxygen atoms in total. The molecule has 2 aromatic heterocycles. The van der Waals surface area contributed by atoms with E-state index in [1.807, 2.05) is 12.3 Å². The molecule has 0 saturated carbocycles. The predicted molar refractivity (Wildman–Crippen MR) is 93.9 cm³/mol. The van der Waals surface area contributed by atoms with Gasteiger partial charge in [-0.2, -0.15) is 11.3 Å². The van der Waals surface area contributed by atoms with Crippen LogP contribution in [-0.4, -0.2) is 49.3 Å². The van der Waals surface area contributed by atoms with Gasteiger partial charge in [-0.1, -0.05) is 6.07 Å². The topological polar surface area (TPSA) is 28.6 Å². The van der Waals surface area contributed by atoms with E-state index in [9.17, 15) is 0 Å². The monoisotopic (exact) mass is 329 g/mol. The standard InChI is InChI=1S/C18H23N3OS/c1-2-6-19-17(3-1)21-7-5-18(14-21)13-20(8-9-22-15-18)11-16-4-10-23-12-16/h1-4,6,10,12H,5,7-9,11,13-15H2. The summed E-state index contributed by atoms with van der Waals surface area (Å²) in [5.41, 5.74) is 1.66. The first-order valence-electron chi connectivity index (χ1n) is 8.30. The van der Waals surface area contributed by atoms with Crippen molar-refractivity contribution < 1.29 is 4.74 Å². The fraction of sp³-hybridized carbons (Fsp3) is 0.500. The Kier molecular flexibility index (Phi) is 4.33. The molecule has 0 aromatic carbocycles. The molecule has 0 amide bonds. The Morgan fingerprint density at radius 3 is 3.04 bits per heavy atom. The van der Waals surface area contributed by atoms with Crippen LogP contribution >= 0.6 is 11.3 Å². The first kappa shape index (κ1) is 15.1. The van der Waals surface area contributed by atoms with Crippen molar-refractivity contribution in [2.24, 2.45) is 5.41 Å². The lowest BCUT2D eigenvalue weighted by Gasteiger charge is -2.31. The molecular weight excluding hydrogens is 306 g/mol. The number of hydrogen-bond donors (Lipinski definition) is 0. The first-order chi connectivity index (χ1) is 11.3. The van der Waals surface area contributed by atoms with Crippen LogP contribution in [0.15, 0.2) is 41.2 Å². The zero-order valence-electron chi connectivity index (χ0n) is 13.4. The molecule has 0 bridgehead atoms. The van der Waals surface area contributed by atoms with Crippen molar-refractivity contribution in [2.75, 3.05) is 44.3 Å². The van der Waals surface area contributed by atoms with E-state index in [4.69, 9.17) is 4.74 Å². The van der Waals surface area contributed by atoms with Crippen molar-refractivity contribution in [2.45, 2.75) is 13.0 Å². The molecule has 1 atom stereocenters. The second-order valence-electron chi connectivity index (χ2n) is 6.75. The van der Waals surface area contributed by atoms with E-state index in [1.54, 1.807) is 11.3 Å². The largest absolute Gasteiger partial charge is 0.379 e. The van der Waals surface area contributed by atoms with Crippen LogP contribution in [0.3, 0.4) is 0 Å². The van der Waals surface area contributed by atoms with Gasteiger partial charge in [0.2, 0.25) is 0 Å². The molecule has 0 aliphatic carbocycles. The number of thiophene rings is 1. The van der Waals surface area contributed by atoms with Crippen LogP contribution in [0.5, 0.6) is 0 Å². The van der Waals surface area contributed by atoms with Gasteiger partial charge in [-0.3, -0.25) is 4.90 Å². The smallest absolute Gasteiger partial charge is 0.128 e. The Bertz CT molecular complexity index is 618. The van der Waals surface area contributed by atoms with Crippen molar-refractivity contribution in [3.63, 3.8) is 0 Å². The Morgan fingerprint density at radius 2 is 2.22 bits per heavy atom. The quantitative estimate of drug-likeness (QED) is 0.866. The molecule has 122 valence electrons. The van der Waals surface area contributed by atoms with Crippen molar-refractivity contribution in [1.82, 2.24) is 9.88 Å². The van der Waals surface area contributed by atoms with Gasteiger partial charge in [-0.15, -0.1) is 0 Å². The molecule has 1 spiro atoms. The van der Waals surface area contributed by atoms with Crippen LogP contribution in [0.4, 0.5) is 5.82 Å². The zero-order chi connectivity index (χ0) is 15.5. The summed E-state index contributed by atoms with van der Waals surface area (Å²) in [5, 5.41) is 4.42. The number of hydrogen-bond acceptors (Lipinski definition) is 5. The highest BCUT2D eigenvalue weighted by molar-refractivity contribution is 7.07. The lowest BCUT2D eigenvalue weighted by molar-refractivity contribution is 0.0798. The molecule has 23 heavy (non-hydrogen) atoms. The van der Waals surface area contributed by atoms with E-state index in [0.717, 1.165) is 51.8 Å². The van der Waals surface area contributed by atoms with E-state index in [2.05, 4.69) is 43.7 Å². The van der Waals surface area contributed by atoms with Crippen molar-refractivity contribution >= 4 is 17.2 Å². The van der Waals surface area contributed by atoms with Crippen molar-refractivity contribution in [3.05, 3.63) is 46.8 Å². The summed E-state index contributed by atoms with van der Waals surface area (Å²) in [6, 6.07) is 8.39. The Labute approximate surface area is 141 Å². The normalized spacial score (nSPS) is 25.8. The fourth-order valence-corrected chi connectivity index (χ4v) is 4.44. The van der Waals surface area contributed by atoms with Gasteiger partial charge in [0.1, 0.15) is 5.82 Å². The molecule has 4 heterocycles. The van der Waals surface area contributed by atoms with E-state index >= 15 is 0 Å². The molecule has 2 aromatic rings. The van der Waals surface area contributed by atoms with Crippen molar-refractivity contribution in [1.29, 1.82) is 0 Å². The Hall–Kier alpha value is -1.43. The number of ether oxygens (including phenoxy) is 1. The number of nitrogens with zero attached hydrogens (tertiary/aromatic N) is 3. The maximum absolute atomic E-state index is 5.98. The van der Waals surface area contributed by atoms with Gasteiger partial charge in [0.05, 0.1) is 13.2 Å². The maximum atomic E-state index is 5.98. The molecule has 1 unspecified atom stereocenters. The van der Waals surface area contributed by atoms with E-state index in [-0.39, 0.29) is 5.41 Å². The van der Waals surface area contributed by atoms with Crippen LogP contribution in [0.1, 0.15) is 12.0 Å². The summed E-state index contributed by atoms with van der Waals surface area (Å²) in [4.78, 5) is 9.50. The second kappa shape index (κ2) is 6.59. The highest BCUT2D eigenvalue weighted by Crippen LogP contribution is 2.35. The Morgan fingerprint density at radius 1 is 1.22 bits per heavy atom. The van der Waals surface area contributed by atoms with Crippen LogP contribution in [0.25, 0.3) is 0 Å². The molecule has 2 fully saturated rings. The van der Waals surface area contributed by atoms with Crippen LogP contribution < -0.4 is 4.90 Å². The molecule has 2 saturated heterocycles. The number of rotatable bonds is 3. The summed E-state index contributed by atoms with van der Waals surface area (Å²) in [5.74, 6) is 1.10. The first-order valence-corrected chi connectivity index (χ1v) is 9.25. The molecule has 0 N–H and O–H groups in total. The molecule has 4 rings (SSSR count). The highest BCUT2D eigenvalue weighted by atomic mass is 32.1. The van der Waals surface area contributed by atoms with Crippen molar-refractivity contribution in [3.8, 4) is 0 Å². The summed E-state index contributed by atoms with van der Waals surface area (Å²) < 4.78 is 5.98. The molecule has 0 radical (unpaired) electrons. The lowest BCUT2D eigenvalue weighted by atomic mass is 9.87. The average Bonchev–Trinajstić information content (AvgIpc) is 3.18. The molecule has 2 aliphatic heterocycles. The van der Waals surface area contributed by atoms with Gasteiger partial charge in [-0.05, 0) is 40.9 Å². The number of aromatic nitrogens is 1. The summed E-state index contributed by atoms with van der Waals surface area (Å²) >= 11 is 1.78. The summed E-state index contributed by atoms with van der Waals surface area (Å²) in [6.07, 6.45) is 3.07. The lowest BCUT2D eigenvalue weighted by Crippen LogP contribution is -2.40. The van der Waals surface area contributed by atoms with Gasteiger partial charge in [-0.25, -0.2) is 4.98 Å². The molecule has 5 heteroatoms. The average molecular weight is 329 g/mol. The minimum atomic E-state index is 0.240. The minimum Gasteiger partial charge on any atom is -0.379 e. The highest BCUT2D eigenvalue weighted by Gasteiger charge is 2.41. The third-order valence-electron chi connectivity index (χ3n) is 4.92. The van der Waals surface area contributed by atoms with E-state index in [0.29, 0.717) is 0 Å². The number of pyridine rings is 1. The van der Waals surface area contributed by atoms with Gasteiger partial charge in [0.25, 0.3) is 0 Å². The molecular formula is C18H23N3OS. The predicted octanol–water partition coefficient (Wildman–Crippen LogP) is 2.87. The summed E-state index contributed by atoms with van der Waals surface area (Å²) in [7, 11) is 0. The van der Waals surface area contributed by atoms with Gasteiger partial charge in [0, 0.05) is 44.3 Å². The van der Waals surface area contributed by atoms with Crippen LogP contribution in [0, 0.1) is 5.41 Å². The Balaban J connectivity index is 1.46. The second-order valence-corrected chi connectivity index (χ2v) is 7.53. The van der Waals surface area contributed by atoms with Gasteiger partial charge < -0.3 is 9.64 Å². The van der Waals surface area contributed by atoms with E-state index in [1.165, 1.54) is 12.0 Å². The third-order valence-corrected chi connectivity index (χ3v) is 5.65. The van der Waals surface area contributed by atoms with Gasteiger partial charge in [0.15, 0.2) is 0 Å².